The zero-order valence-corrected chi connectivity index (χ0v) is 17.3. The van der Waals surface area contributed by atoms with Crippen LogP contribution in [0.25, 0.3) is 0 Å². The summed E-state index contributed by atoms with van der Waals surface area (Å²) in [6.07, 6.45) is 1.68. The van der Waals surface area contributed by atoms with Gasteiger partial charge in [0.2, 0.25) is 0 Å². The molecule has 1 N–H and O–H groups in total. The van der Waals surface area contributed by atoms with E-state index >= 15 is 0 Å². The number of β-amino-alcohol motifs (C(OH)–C–C–N with tert-alkyl or cyclic N) is 1. The Labute approximate surface area is 173 Å². The fourth-order valence-corrected chi connectivity index (χ4v) is 4.29. The molecule has 0 amide bonds. The molecular weight excluding hydrogens is 366 g/mol. The number of nitrogens with zero attached hydrogens (tertiary/aromatic N) is 1. The molecule has 29 heavy (non-hydrogen) atoms. The van der Waals surface area contributed by atoms with E-state index in [0.29, 0.717) is 38.3 Å². The predicted octanol–water partition coefficient (Wildman–Crippen LogP) is 4.16. The van der Waals surface area contributed by atoms with Gasteiger partial charge in [0.05, 0.1) is 0 Å². The molecular formula is C24H31NO4. The lowest BCUT2D eigenvalue weighted by Gasteiger charge is -2.28. The molecule has 4 rings (SSSR count). The number of hydrogen-bond donors (Lipinski definition) is 1. The lowest BCUT2D eigenvalue weighted by molar-refractivity contribution is 0.0633. The van der Waals surface area contributed by atoms with Crippen LogP contribution in [0.1, 0.15) is 49.8 Å². The number of para-hydroxylation sites is 1. The number of rotatable bonds is 7. The quantitative estimate of drug-likeness (QED) is 0.760. The zero-order valence-electron chi connectivity index (χ0n) is 17.3. The molecule has 5 heteroatoms. The number of ether oxygens (including phenoxy) is 3. The van der Waals surface area contributed by atoms with Crippen molar-refractivity contribution >= 4 is 0 Å². The van der Waals surface area contributed by atoms with Gasteiger partial charge < -0.3 is 19.3 Å². The Morgan fingerprint density at radius 3 is 2.72 bits per heavy atom. The van der Waals surface area contributed by atoms with E-state index in [1.54, 1.807) is 0 Å². The minimum Gasteiger partial charge on any atom is -0.491 e. The van der Waals surface area contributed by atoms with Crippen LogP contribution < -0.4 is 14.2 Å². The molecule has 2 aromatic carbocycles. The summed E-state index contributed by atoms with van der Waals surface area (Å²) in [6, 6.07) is 14.6. The van der Waals surface area contributed by atoms with Gasteiger partial charge in [0.15, 0.2) is 11.5 Å². The second-order valence-electron chi connectivity index (χ2n) is 8.21. The van der Waals surface area contributed by atoms with Gasteiger partial charge in [0.1, 0.15) is 31.7 Å². The molecule has 2 heterocycles. The Kier molecular flexibility index (Phi) is 6.26. The van der Waals surface area contributed by atoms with Gasteiger partial charge in [-0.3, -0.25) is 4.90 Å². The average Bonchev–Trinajstić information content (AvgIpc) is 3.20. The predicted molar refractivity (Wildman–Crippen MR) is 113 cm³/mol. The van der Waals surface area contributed by atoms with Gasteiger partial charge in [-0.15, -0.1) is 0 Å². The van der Waals surface area contributed by atoms with Crippen molar-refractivity contribution in [2.75, 3.05) is 32.9 Å². The lowest BCUT2D eigenvalue weighted by Crippen LogP contribution is -2.35. The Balaban J connectivity index is 1.37. The number of benzene rings is 2. The van der Waals surface area contributed by atoms with Gasteiger partial charge in [-0.2, -0.15) is 0 Å². The van der Waals surface area contributed by atoms with Crippen LogP contribution in [-0.4, -0.2) is 49.0 Å². The molecule has 2 atom stereocenters. The maximum atomic E-state index is 10.6. The van der Waals surface area contributed by atoms with Crippen LogP contribution in [0.15, 0.2) is 42.5 Å². The second-order valence-corrected chi connectivity index (χ2v) is 8.21. The molecule has 1 fully saturated rings. The van der Waals surface area contributed by atoms with Crippen molar-refractivity contribution in [3.63, 3.8) is 0 Å². The van der Waals surface area contributed by atoms with Gasteiger partial charge in [-0.05, 0) is 54.6 Å². The molecule has 156 valence electrons. The van der Waals surface area contributed by atoms with E-state index in [1.165, 1.54) is 11.1 Å². The van der Waals surface area contributed by atoms with Gasteiger partial charge in [0, 0.05) is 12.6 Å². The second kappa shape index (κ2) is 9.06. The minimum absolute atomic E-state index is 0.295. The Morgan fingerprint density at radius 1 is 1.10 bits per heavy atom. The first-order valence-electron chi connectivity index (χ1n) is 10.6. The van der Waals surface area contributed by atoms with E-state index in [2.05, 4.69) is 36.9 Å². The summed E-state index contributed by atoms with van der Waals surface area (Å²) in [5.41, 5.74) is 2.40. The Bertz CT molecular complexity index is 822. The fourth-order valence-electron chi connectivity index (χ4n) is 4.29. The molecule has 0 bridgehead atoms. The highest BCUT2D eigenvalue weighted by Gasteiger charge is 2.29. The highest BCUT2D eigenvalue weighted by molar-refractivity contribution is 5.45. The monoisotopic (exact) mass is 397 g/mol. The van der Waals surface area contributed by atoms with Crippen LogP contribution >= 0.6 is 0 Å². The SMILES string of the molecule is CC(C)c1ccccc1OCC(O)CN1CCCC1c1ccc2c(c1)OCCO2. The average molecular weight is 398 g/mol. The van der Waals surface area contributed by atoms with Gasteiger partial charge >= 0.3 is 0 Å². The van der Waals surface area contributed by atoms with E-state index in [-0.39, 0.29) is 0 Å². The summed E-state index contributed by atoms with van der Waals surface area (Å²) in [4.78, 5) is 2.35. The van der Waals surface area contributed by atoms with Crippen molar-refractivity contribution in [2.45, 2.75) is 44.8 Å². The minimum atomic E-state index is -0.534. The third-order valence-electron chi connectivity index (χ3n) is 5.73. The smallest absolute Gasteiger partial charge is 0.161 e. The topological polar surface area (TPSA) is 51.2 Å². The first kappa shape index (κ1) is 20.0. The Morgan fingerprint density at radius 2 is 1.90 bits per heavy atom. The normalized spacial score (nSPS) is 20.1. The maximum Gasteiger partial charge on any atom is 0.161 e. The number of likely N-dealkylation sites (tertiary alicyclic amines) is 1. The van der Waals surface area contributed by atoms with Gasteiger partial charge in [0.25, 0.3) is 0 Å². The van der Waals surface area contributed by atoms with Crippen LogP contribution in [0.3, 0.4) is 0 Å². The largest absolute Gasteiger partial charge is 0.491 e. The number of fused-ring (bicyclic) bond motifs is 1. The molecule has 2 aliphatic rings. The molecule has 0 saturated carbocycles. The van der Waals surface area contributed by atoms with E-state index in [9.17, 15) is 5.11 Å². The van der Waals surface area contributed by atoms with Crippen molar-refractivity contribution in [3.05, 3.63) is 53.6 Å². The number of aliphatic hydroxyl groups excluding tert-OH is 1. The van der Waals surface area contributed by atoms with Crippen molar-refractivity contribution in [1.29, 1.82) is 0 Å². The lowest BCUT2D eigenvalue weighted by atomic mass is 10.0. The summed E-state index contributed by atoms with van der Waals surface area (Å²) >= 11 is 0. The van der Waals surface area contributed by atoms with Crippen LogP contribution in [0.5, 0.6) is 17.2 Å². The highest BCUT2D eigenvalue weighted by atomic mass is 16.6. The highest BCUT2D eigenvalue weighted by Crippen LogP contribution is 2.38. The number of hydrogen-bond acceptors (Lipinski definition) is 5. The molecule has 0 aromatic heterocycles. The standard InChI is InChI=1S/C24H31NO4/c1-17(2)20-6-3-4-8-22(20)29-16-19(26)15-25-11-5-7-21(25)18-9-10-23-24(14-18)28-13-12-27-23/h3-4,6,8-10,14,17,19,21,26H,5,7,11-13,15-16H2,1-2H3. The summed E-state index contributed by atoms with van der Waals surface area (Å²) in [7, 11) is 0. The molecule has 0 radical (unpaired) electrons. The van der Waals surface area contributed by atoms with Crippen molar-refractivity contribution in [2.24, 2.45) is 0 Å². The van der Waals surface area contributed by atoms with E-state index in [4.69, 9.17) is 14.2 Å². The van der Waals surface area contributed by atoms with Gasteiger partial charge in [-0.1, -0.05) is 38.1 Å². The van der Waals surface area contributed by atoms with Crippen molar-refractivity contribution in [3.8, 4) is 17.2 Å². The van der Waals surface area contributed by atoms with Crippen molar-refractivity contribution in [1.82, 2.24) is 4.90 Å². The Hall–Kier alpha value is -2.24. The van der Waals surface area contributed by atoms with E-state index in [1.807, 2.05) is 24.3 Å². The van der Waals surface area contributed by atoms with Crippen LogP contribution in [0, 0.1) is 0 Å². The molecule has 0 aliphatic carbocycles. The molecule has 5 nitrogen and oxygen atoms in total. The summed E-state index contributed by atoms with van der Waals surface area (Å²) in [5, 5.41) is 10.6. The van der Waals surface area contributed by atoms with Crippen LogP contribution in [0.2, 0.25) is 0 Å². The van der Waals surface area contributed by atoms with E-state index < -0.39 is 6.10 Å². The summed E-state index contributed by atoms with van der Waals surface area (Å²) in [5.74, 6) is 2.91. The molecule has 2 unspecified atom stereocenters. The molecule has 2 aromatic rings. The summed E-state index contributed by atoms with van der Waals surface area (Å²) < 4.78 is 17.4. The first-order chi connectivity index (χ1) is 14.1. The van der Waals surface area contributed by atoms with Crippen LogP contribution in [-0.2, 0) is 0 Å². The number of aliphatic hydroxyl groups is 1. The molecule has 2 aliphatic heterocycles. The van der Waals surface area contributed by atoms with Gasteiger partial charge in [-0.25, -0.2) is 0 Å². The third-order valence-corrected chi connectivity index (χ3v) is 5.73. The first-order valence-corrected chi connectivity index (χ1v) is 10.6. The zero-order chi connectivity index (χ0) is 20.2. The molecule has 1 saturated heterocycles. The summed E-state index contributed by atoms with van der Waals surface area (Å²) in [6.45, 7) is 7.39. The third kappa shape index (κ3) is 4.68. The fraction of sp³-hybridized carbons (Fsp3) is 0.500. The van der Waals surface area contributed by atoms with Crippen LogP contribution in [0.4, 0.5) is 0 Å². The van der Waals surface area contributed by atoms with E-state index in [0.717, 1.165) is 36.6 Å². The molecule has 0 spiro atoms. The van der Waals surface area contributed by atoms with Crippen molar-refractivity contribution < 1.29 is 19.3 Å². The maximum absolute atomic E-state index is 10.6.